The lowest BCUT2D eigenvalue weighted by atomic mass is 9.82. The van der Waals surface area contributed by atoms with Crippen LogP contribution in [0, 0.1) is 11.3 Å². The third-order valence-corrected chi connectivity index (χ3v) is 8.94. The van der Waals surface area contributed by atoms with Crippen molar-refractivity contribution in [3.8, 4) is 5.75 Å². The molecule has 250 valence electrons. The Hall–Kier alpha value is -2.98. The van der Waals surface area contributed by atoms with E-state index in [1.54, 1.807) is 55.4 Å². The van der Waals surface area contributed by atoms with Crippen molar-refractivity contribution in [3.05, 3.63) is 60.7 Å². The minimum atomic E-state index is -1.18. The smallest absolute Gasteiger partial charge is 0.275 e. The number of rotatable bonds is 13. The standard InChI is InChI=1S/C20H25NO4.C16H30N2O2/c1-5-8-16(6-2)20(3)19(23)21(11-7-12-24-4)17-13-15(14-22)9-10-18(17)25-20;1-16(2,11-14-5-3-4-8-17-14)15(19)18-12-13-6-9-20-10-7-13/h5-6,8-10,13,22H,1-2,7,11-12,14H2,3-4H3;13-14,17H,3-12H2,1-2H3,(H,18,19)/b16-8+;/t20-;14-/m00/s1. The number of hydrogen-bond donors (Lipinski definition) is 3. The SMILES string of the molecule is C=C/C=C(\C=C)[C@]1(C)Oc2ccc(CO)cc2N(CCCOC)C1=O.CC(C)(C[C@@H]1CCCCN1)C(=O)NCC1CCOCC1. The summed E-state index contributed by atoms with van der Waals surface area (Å²) in [5, 5.41) is 16.1. The summed E-state index contributed by atoms with van der Waals surface area (Å²) in [6.45, 7) is 17.9. The molecule has 3 aliphatic heterocycles. The summed E-state index contributed by atoms with van der Waals surface area (Å²) in [6.07, 6.45) is 12.5. The Morgan fingerprint density at radius 1 is 1.24 bits per heavy atom. The van der Waals surface area contributed by atoms with Gasteiger partial charge in [-0.2, -0.15) is 0 Å². The fourth-order valence-corrected chi connectivity index (χ4v) is 6.14. The first kappa shape index (κ1) is 36.5. The maximum Gasteiger partial charge on any atom is 0.275 e. The maximum atomic E-state index is 13.3. The van der Waals surface area contributed by atoms with Gasteiger partial charge in [-0.25, -0.2) is 0 Å². The summed E-state index contributed by atoms with van der Waals surface area (Å²) >= 11 is 0. The predicted octanol–water partition coefficient (Wildman–Crippen LogP) is 5.09. The molecule has 3 heterocycles. The number of carbonyl (C=O) groups excluding carboxylic acids is 2. The van der Waals surface area contributed by atoms with Crippen molar-refractivity contribution in [1.29, 1.82) is 0 Å². The second-order valence-electron chi connectivity index (χ2n) is 13.0. The summed E-state index contributed by atoms with van der Waals surface area (Å²) < 4.78 is 16.5. The first-order chi connectivity index (χ1) is 21.6. The van der Waals surface area contributed by atoms with E-state index < -0.39 is 5.60 Å². The molecular weight excluding hydrogens is 570 g/mol. The summed E-state index contributed by atoms with van der Waals surface area (Å²) in [7, 11) is 1.63. The van der Waals surface area contributed by atoms with Gasteiger partial charge in [-0.1, -0.05) is 57.7 Å². The minimum Gasteiger partial charge on any atom is -0.471 e. The Labute approximate surface area is 270 Å². The van der Waals surface area contributed by atoms with Crippen molar-refractivity contribution in [2.24, 2.45) is 11.3 Å². The Morgan fingerprint density at radius 3 is 2.62 bits per heavy atom. The van der Waals surface area contributed by atoms with Gasteiger partial charge in [-0.3, -0.25) is 9.59 Å². The number of ether oxygens (including phenoxy) is 3. The van der Waals surface area contributed by atoms with Crippen LogP contribution < -0.4 is 20.3 Å². The van der Waals surface area contributed by atoms with E-state index in [0.29, 0.717) is 48.5 Å². The number of carbonyl (C=O) groups is 2. The van der Waals surface area contributed by atoms with Gasteiger partial charge in [0.05, 0.1) is 12.3 Å². The van der Waals surface area contributed by atoms with Crippen molar-refractivity contribution in [2.75, 3.05) is 51.5 Å². The number of anilines is 1. The minimum absolute atomic E-state index is 0.0983. The van der Waals surface area contributed by atoms with Gasteiger partial charge in [0, 0.05) is 57.0 Å². The largest absolute Gasteiger partial charge is 0.471 e. The van der Waals surface area contributed by atoms with Gasteiger partial charge in [0.15, 0.2) is 0 Å². The molecule has 45 heavy (non-hydrogen) atoms. The highest BCUT2D eigenvalue weighted by Crippen LogP contribution is 2.41. The van der Waals surface area contributed by atoms with Crippen molar-refractivity contribution in [3.63, 3.8) is 0 Å². The van der Waals surface area contributed by atoms with Crippen LogP contribution in [-0.2, 0) is 25.7 Å². The van der Waals surface area contributed by atoms with Crippen molar-refractivity contribution < 1.29 is 28.9 Å². The first-order valence-corrected chi connectivity index (χ1v) is 16.4. The molecular formula is C36H55N3O6. The molecule has 1 aromatic rings. The highest BCUT2D eigenvalue weighted by Gasteiger charge is 2.46. The van der Waals surface area contributed by atoms with E-state index in [1.807, 2.05) is 0 Å². The fraction of sp³-hybridized carbons (Fsp3) is 0.611. The molecule has 0 spiro atoms. The van der Waals surface area contributed by atoms with E-state index in [2.05, 4.69) is 37.6 Å². The van der Waals surface area contributed by atoms with Crippen molar-refractivity contribution >= 4 is 17.5 Å². The second-order valence-corrected chi connectivity index (χ2v) is 13.0. The quantitative estimate of drug-likeness (QED) is 0.207. The van der Waals surface area contributed by atoms with Gasteiger partial charge in [-0.05, 0) is 75.6 Å². The maximum absolute atomic E-state index is 13.3. The Balaban J connectivity index is 0.000000251. The third kappa shape index (κ3) is 10.0. The Morgan fingerprint density at radius 2 is 2.00 bits per heavy atom. The number of fused-ring (bicyclic) bond motifs is 1. The number of aliphatic hydroxyl groups excluding tert-OH is 1. The molecule has 2 atom stereocenters. The van der Waals surface area contributed by atoms with Gasteiger partial charge in [-0.15, -0.1) is 0 Å². The van der Waals surface area contributed by atoms with Crippen molar-refractivity contribution in [1.82, 2.24) is 10.6 Å². The summed E-state index contributed by atoms with van der Waals surface area (Å²) in [5.74, 6) is 1.21. The molecule has 9 nitrogen and oxygen atoms in total. The van der Waals surface area contributed by atoms with Gasteiger partial charge in [0.1, 0.15) is 5.75 Å². The van der Waals surface area contributed by atoms with Gasteiger partial charge < -0.3 is 34.9 Å². The lowest BCUT2D eigenvalue weighted by Gasteiger charge is -2.41. The zero-order chi connectivity index (χ0) is 32.9. The molecule has 9 heteroatoms. The van der Waals surface area contributed by atoms with E-state index in [1.165, 1.54) is 19.3 Å². The first-order valence-electron chi connectivity index (χ1n) is 16.4. The average Bonchev–Trinajstić information content (AvgIpc) is 3.05. The molecule has 2 saturated heterocycles. The molecule has 1 aromatic carbocycles. The molecule has 0 unspecified atom stereocenters. The average molecular weight is 626 g/mol. The number of methoxy groups -OCH3 is 1. The monoisotopic (exact) mass is 625 g/mol. The lowest BCUT2D eigenvalue weighted by molar-refractivity contribution is -0.131. The molecule has 0 aromatic heterocycles. The Bertz CT molecular complexity index is 1170. The zero-order valence-electron chi connectivity index (χ0n) is 27.9. The van der Waals surface area contributed by atoms with Gasteiger partial charge in [0.25, 0.3) is 5.91 Å². The zero-order valence-corrected chi connectivity index (χ0v) is 27.9. The number of nitrogens with one attached hydrogen (secondary N) is 2. The number of hydrogen-bond acceptors (Lipinski definition) is 7. The lowest BCUT2D eigenvalue weighted by Crippen LogP contribution is -2.55. The van der Waals surface area contributed by atoms with Crippen LogP contribution in [-0.4, -0.2) is 75.1 Å². The third-order valence-electron chi connectivity index (χ3n) is 8.94. The molecule has 0 radical (unpaired) electrons. The summed E-state index contributed by atoms with van der Waals surface area (Å²) in [4.78, 5) is 27.4. The number of allylic oxidation sites excluding steroid dienone is 2. The van der Waals surface area contributed by atoms with Crippen LogP contribution in [0.3, 0.4) is 0 Å². The van der Waals surface area contributed by atoms with Crippen LogP contribution in [0.2, 0.25) is 0 Å². The van der Waals surface area contributed by atoms with Crippen LogP contribution in [0.1, 0.15) is 71.3 Å². The fourth-order valence-electron chi connectivity index (χ4n) is 6.14. The summed E-state index contributed by atoms with van der Waals surface area (Å²) in [5.41, 5.74) is 0.561. The molecule has 0 aliphatic carbocycles. The number of benzene rings is 1. The molecule has 0 saturated carbocycles. The molecule has 3 N–H and O–H groups in total. The molecule has 2 amide bonds. The van der Waals surface area contributed by atoms with Crippen LogP contribution in [0.25, 0.3) is 0 Å². The summed E-state index contributed by atoms with van der Waals surface area (Å²) in [6, 6.07) is 5.86. The van der Waals surface area contributed by atoms with E-state index >= 15 is 0 Å². The van der Waals surface area contributed by atoms with Crippen molar-refractivity contribution in [2.45, 2.75) is 84.0 Å². The van der Waals surface area contributed by atoms with Crippen LogP contribution in [0.4, 0.5) is 5.69 Å². The highest BCUT2D eigenvalue weighted by atomic mass is 16.5. The van der Waals surface area contributed by atoms with Gasteiger partial charge in [0.2, 0.25) is 11.5 Å². The molecule has 4 rings (SSSR count). The topological polar surface area (TPSA) is 109 Å². The van der Waals surface area contributed by atoms with E-state index in [-0.39, 0.29) is 23.8 Å². The van der Waals surface area contributed by atoms with E-state index in [4.69, 9.17) is 14.2 Å². The highest BCUT2D eigenvalue weighted by molar-refractivity contribution is 6.05. The predicted molar refractivity (Wildman–Crippen MR) is 179 cm³/mol. The molecule has 0 bridgehead atoms. The normalized spacial score (nSPS) is 22.4. The van der Waals surface area contributed by atoms with Crippen LogP contribution in [0.5, 0.6) is 5.75 Å². The number of nitrogens with zero attached hydrogens (tertiary/aromatic N) is 1. The van der Waals surface area contributed by atoms with Crippen LogP contribution in [0.15, 0.2) is 55.2 Å². The van der Waals surface area contributed by atoms with E-state index in [0.717, 1.165) is 51.1 Å². The van der Waals surface area contributed by atoms with Gasteiger partial charge >= 0.3 is 0 Å². The molecule has 3 aliphatic rings. The number of aliphatic hydroxyl groups is 1. The molecule has 2 fully saturated rings. The Kier molecular flexibility index (Phi) is 14.3. The van der Waals surface area contributed by atoms with E-state index in [9.17, 15) is 14.7 Å². The number of piperidine rings is 1. The second kappa shape index (κ2) is 17.6. The number of amides is 2. The van der Waals surface area contributed by atoms with Crippen LogP contribution >= 0.6 is 0 Å².